The summed E-state index contributed by atoms with van der Waals surface area (Å²) in [6.07, 6.45) is 8.82. The van der Waals surface area contributed by atoms with E-state index in [1.54, 1.807) is 0 Å². The normalized spacial score (nSPS) is 25.1. The van der Waals surface area contributed by atoms with Gasteiger partial charge in [0.15, 0.2) is 0 Å². The molecule has 27 heavy (non-hydrogen) atoms. The second kappa shape index (κ2) is 9.43. The second-order valence-electron chi connectivity index (χ2n) is 9.34. The third-order valence-corrected chi connectivity index (χ3v) is 5.73. The van der Waals surface area contributed by atoms with Crippen molar-refractivity contribution in [2.75, 3.05) is 6.54 Å². The van der Waals surface area contributed by atoms with E-state index < -0.39 is 11.7 Å². The molecule has 152 valence electrons. The van der Waals surface area contributed by atoms with E-state index in [4.69, 9.17) is 10.00 Å². The van der Waals surface area contributed by atoms with Crippen LogP contribution in [0.1, 0.15) is 85.0 Å². The van der Waals surface area contributed by atoms with Crippen molar-refractivity contribution in [1.82, 2.24) is 10.6 Å². The summed E-state index contributed by atoms with van der Waals surface area (Å²) in [6, 6.07) is 2.51. The van der Waals surface area contributed by atoms with Gasteiger partial charge in [0.2, 0.25) is 5.91 Å². The highest BCUT2D eigenvalue weighted by molar-refractivity contribution is 5.77. The largest absolute Gasteiger partial charge is 0.444 e. The monoisotopic (exact) mass is 377 g/mol. The minimum Gasteiger partial charge on any atom is -0.444 e. The molecule has 2 aliphatic rings. The van der Waals surface area contributed by atoms with Gasteiger partial charge < -0.3 is 15.4 Å². The van der Waals surface area contributed by atoms with Gasteiger partial charge in [-0.2, -0.15) is 5.26 Å². The molecular weight excluding hydrogens is 342 g/mol. The van der Waals surface area contributed by atoms with E-state index in [0.717, 1.165) is 51.4 Å². The molecule has 0 aromatic carbocycles. The smallest absolute Gasteiger partial charge is 0.407 e. The molecule has 2 saturated carbocycles. The Morgan fingerprint density at radius 2 is 1.74 bits per heavy atom. The van der Waals surface area contributed by atoms with Gasteiger partial charge in [0.1, 0.15) is 5.60 Å². The molecule has 2 N–H and O–H groups in total. The standard InChI is InChI=1S/C21H35N3O3/c1-20(2,3)27-19(26)23-15-21(11-5-4-6-12-21)13-18(25)24-17-9-7-16(14-22)8-10-17/h16-17H,4-13,15H2,1-3H3,(H,23,26)(H,24,25). The van der Waals surface area contributed by atoms with Gasteiger partial charge in [-0.15, -0.1) is 0 Å². The molecule has 0 heterocycles. The molecule has 6 nitrogen and oxygen atoms in total. The summed E-state index contributed by atoms with van der Waals surface area (Å²) in [5, 5.41) is 15.1. The zero-order valence-corrected chi connectivity index (χ0v) is 17.1. The van der Waals surface area contributed by atoms with Crippen molar-refractivity contribution in [3.05, 3.63) is 0 Å². The van der Waals surface area contributed by atoms with Gasteiger partial charge in [-0.3, -0.25) is 4.79 Å². The highest BCUT2D eigenvalue weighted by Crippen LogP contribution is 2.39. The van der Waals surface area contributed by atoms with Crippen molar-refractivity contribution < 1.29 is 14.3 Å². The number of rotatable bonds is 5. The third-order valence-electron chi connectivity index (χ3n) is 5.73. The average molecular weight is 378 g/mol. The first-order chi connectivity index (χ1) is 12.7. The number of nitriles is 1. The molecule has 0 saturated heterocycles. The number of amides is 2. The summed E-state index contributed by atoms with van der Waals surface area (Å²) in [6.45, 7) is 6.02. The highest BCUT2D eigenvalue weighted by Gasteiger charge is 2.36. The molecule has 2 aliphatic carbocycles. The number of nitrogens with one attached hydrogen (secondary N) is 2. The lowest BCUT2D eigenvalue weighted by atomic mass is 9.71. The third kappa shape index (κ3) is 7.40. The Kier molecular flexibility index (Phi) is 7.52. The lowest BCUT2D eigenvalue weighted by molar-refractivity contribution is -0.125. The summed E-state index contributed by atoms with van der Waals surface area (Å²) in [5.74, 6) is 0.212. The molecule has 2 rings (SSSR count). The Bertz CT molecular complexity index is 548. The molecule has 2 amide bonds. The molecule has 0 aliphatic heterocycles. The summed E-state index contributed by atoms with van der Waals surface area (Å²) < 4.78 is 5.34. The Hall–Kier alpha value is -1.77. The van der Waals surface area contributed by atoms with E-state index in [-0.39, 0.29) is 23.3 Å². The van der Waals surface area contributed by atoms with Crippen LogP contribution in [0.15, 0.2) is 0 Å². The van der Waals surface area contributed by atoms with Gasteiger partial charge in [0, 0.05) is 24.9 Å². The van der Waals surface area contributed by atoms with Crippen LogP contribution in [-0.4, -0.2) is 30.2 Å². The van der Waals surface area contributed by atoms with Crippen LogP contribution in [0, 0.1) is 22.7 Å². The maximum absolute atomic E-state index is 12.7. The molecule has 0 atom stereocenters. The lowest BCUT2D eigenvalue weighted by Gasteiger charge is -2.37. The fraction of sp³-hybridized carbons (Fsp3) is 0.857. The number of nitrogens with zero attached hydrogens (tertiary/aromatic N) is 1. The molecule has 0 unspecified atom stereocenters. The molecule has 2 fully saturated rings. The van der Waals surface area contributed by atoms with E-state index in [1.165, 1.54) is 6.42 Å². The number of carbonyl (C=O) groups is 2. The highest BCUT2D eigenvalue weighted by atomic mass is 16.6. The number of alkyl carbamates (subject to hydrolysis) is 1. The van der Waals surface area contributed by atoms with Crippen molar-refractivity contribution in [1.29, 1.82) is 5.26 Å². The number of carbonyl (C=O) groups excluding carboxylic acids is 2. The van der Waals surface area contributed by atoms with Crippen molar-refractivity contribution in [3.8, 4) is 6.07 Å². The minimum absolute atomic E-state index is 0.0725. The van der Waals surface area contributed by atoms with Crippen molar-refractivity contribution >= 4 is 12.0 Å². The average Bonchev–Trinajstić information content (AvgIpc) is 2.60. The van der Waals surface area contributed by atoms with Gasteiger partial charge in [-0.25, -0.2) is 4.79 Å². The minimum atomic E-state index is -0.524. The van der Waals surface area contributed by atoms with Crippen LogP contribution in [0.4, 0.5) is 4.79 Å². The maximum Gasteiger partial charge on any atom is 0.407 e. The van der Waals surface area contributed by atoms with E-state index >= 15 is 0 Å². The zero-order chi connectivity index (χ0) is 19.9. The number of hydrogen-bond acceptors (Lipinski definition) is 4. The van der Waals surface area contributed by atoms with Crippen LogP contribution in [-0.2, 0) is 9.53 Å². The lowest BCUT2D eigenvalue weighted by Crippen LogP contribution is -2.45. The first-order valence-corrected chi connectivity index (χ1v) is 10.4. The maximum atomic E-state index is 12.7. The number of hydrogen-bond donors (Lipinski definition) is 2. The van der Waals surface area contributed by atoms with Gasteiger partial charge in [0.25, 0.3) is 0 Å². The fourth-order valence-corrected chi connectivity index (χ4v) is 4.28. The molecule has 0 radical (unpaired) electrons. The zero-order valence-electron chi connectivity index (χ0n) is 17.1. The quantitative estimate of drug-likeness (QED) is 0.756. The van der Waals surface area contributed by atoms with Crippen molar-refractivity contribution in [3.63, 3.8) is 0 Å². The molecule has 0 spiro atoms. The van der Waals surface area contributed by atoms with Gasteiger partial charge in [-0.1, -0.05) is 19.3 Å². The van der Waals surface area contributed by atoms with Crippen LogP contribution in [0.3, 0.4) is 0 Å². The molecule has 0 aromatic heterocycles. The number of ether oxygens (including phenoxy) is 1. The van der Waals surface area contributed by atoms with E-state index in [9.17, 15) is 9.59 Å². The Balaban J connectivity index is 1.86. The summed E-state index contributed by atoms with van der Waals surface area (Å²) in [4.78, 5) is 24.7. The fourth-order valence-electron chi connectivity index (χ4n) is 4.28. The van der Waals surface area contributed by atoms with Crippen LogP contribution < -0.4 is 10.6 Å². The molecular formula is C21H35N3O3. The van der Waals surface area contributed by atoms with E-state index in [1.807, 2.05) is 20.8 Å². The summed E-state index contributed by atoms with van der Waals surface area (Å²) in [5.41, 5.74) is -0.702. The summed E-state index contributed by atoms with van der Waals surface area (Å²) in [7, 11) is 0. The molecule has 0 bridgehead atoms. The van der Waals surface area contributed by atoms with Crippen molar-refractivity contribution in [2.24, 2.45) is 11.3 Å². The first-order valence-electron chi connectivity index (χ1n) is 10.4. The summed E-state index contributed by atoms with van der Waals surface area (Å²) >= 11 is 0. The van der Waals surface area contributed by atoms with Crippen molar-refractivity contribution in [2.45, 2.75) is 96.6 Å². The SMILES string of the molecule is CC(C)(C)OC(=O)NCC1(CC(=O)NC2CCC(C#N)CC2)CCCCC1. The van der Waals surface area contributed by atoms with Gasteiger partial charge in [-0.05, 0) is 64.7 Å². The Morgan fingerprint density at radius 3 is 2.30 bits per heavy atom. The van der Waals surface area contributed by atoms with E-state index in [0.29, 0.717) is 13.0 Å². The van der Waals surface area contributed by atoms with Gasteiger partial charge >= 0.3 is 6.09 Å². The van der Waals surface area contributed by atoms with Crippen LogP contribution in [0.2, 0.25) is 0 Å². The van der Waals surface area contributed by atoms with Crippen LogP contribution in [0.25, 0.3) is 0 Å². The molecule has 6 heteroatoms. The Labute approximate surface area is 163 Å². The Morgan fingerprint density at radius 1 is 1.11 bits per heavy atom. The molecule has 0 aromatic rings. The second-order valence-corrected chi connectivity index (χ2v) is 9.34. The topological polar surface area (TPSA) is 91.2 Å². The first kappa shape index (κ1) is 21.5. The van der Waals surface area contributed by atoms with Gasteiger partial charge in [0.05, 0.1) is 6.07 Å². The predicted octanol–water partition coefficient (Wildman–Crippen LogP) is 4.05. The predicted molar refractivity (Wildman–Crippen MR) is 104 cm³/mol. The van der Waals surface area contributed by atoms with Crippen LogP contribution >= 0.6 is 0 Å². The van der Waals surface area contributed by atoms with E-state index in [2.05, 4.69) is 16.7 Å². The van der Waals surface area contributed by atoms with Crippen LogP contribution in [0.5, 0.6) is 0 Å².